The number of hydrogen-bond acceptors (Lipinski definition) is 5. The van der Waals surface area contributed by atoms with Gasteiger partial charge in [0, 0.05) is 41.5 Å². The normalized spacial score (nSPS) is 25.5. The average molecular weight is 460 g/mol. The lowest BCUT2D eigenvalue weighted by atomic mass is 9.73. The summed E-state index contributed by atoms with van der Waals surface area (Å²) in [5.74, 6) is 1.71. The average Bonchev–Trinajstić information content (AvgIpc) is 3.38. The van der Waals surface area contributed by atoms with Crippen LogP contribution in [0, 0.1) is 5.41 Å². The first-order chi connectivity index (χ1) is 16.5. The number of benzene rings is 1. The molecular weight excluding hydrogens is 418 g/mol. The van der Waals surface area contributed by atoms with Crippen molar-refractivity contribution in [2.45, 2.75) is 96.1 Å². The fraction of sp³-hybridized carbons (Fsp3) is 0.655. The molecule has 1 unspecified atom stereocenters. The predicted molar refractivity (Wildman–Crippen MR) is 139 cm³/mol. The predicted octanol–water partition coefficient (Wildman–Crippen LogP) is 5.36. The SMILES string of the molecule is CC1CCc2ncnc(N3CC4(CCNCC4)c4c(CNC5CCC(C)(C)CC5)cccc43)c21. The van der Waals surface area contributed by atoms with Gasteiger partial charge in [-0.25, -0.2) is 9.97 Å². The number of rotatable bonds is 4. The van der Waals surface area contributed by atoms with Crippen molar-refractivity contribution < 1.29 is 0 Å². The van der Waals surface area contributed by atoms with Crippen molar-refractivity contribution in [3.05, 3.63) is 46.9 Å². The molecule has 182 valence electrons. The second-order valence-corrected chi connectivity index (χ2v) is 12.2. The molecule has 2 N–H and O–H groups in total. The zero-order valence-corrected chi connectivity index (χ0v) is 21.3. The molecule has 5 heteroatoms. The molecule has 1 aromatic heterocycles. The number of nitrogens with one attached hydrogen (secondary N) is 2. The summed E-state index contributed by atoms with van der Waals surface area (Å²) in [6.07, 6.45) is 11.7. The van der Waals surface area contributed by atoms with Gasteiger partial charge in [-0.2, -0.15) is 0 Å². The Morgan fingerprint density at radius 2 is 1.85 bits per heavy atom. The van der Waals surface area contributed by atoms with Gasteiger partial charge in [0.1, 0.15) is 12.1 Å². The van der Waals surface area contributed by atoms with Crippen molar-refractivity contribution >= 4 is 11.5 Å². The molecule has 34 heavy (non-hydrogen) atoms. The van der Waals surface area contributed by atoms with Crippen molar-refractivity contribution in [1.29, 1.82) is 0 Å². The van der Waals surface area contributed by atoms with Crippen LogP contribution in [0.2, 0.25) is 0 Å². The lowest BCUT2D eigenvalue weighted by Gasteiger charge is -2.37. The molecule has 2 aliphatic carbocycles. The molecule has 1 spiro atoms. The Morgan fingerprint density at radius 1 is 1.06 bits per heavy atom. The highest BCUT2D eigenvalue weighted by atomic mass is 15.2. The molecule has 2 aromatic rings. The van der Waals surface area contributed by atoms with Gasteiger partial charge in [0.25, 0.3) is 0 Å². The zero-order chi connectivity index (χ0) is 23.3. The van der Waals surface area contributed by atoms with Crippen LogP contribution in [0.4, 0.5) is 11.5 Å². The molecule has 0 radical (unpaired) electrons. The van der Waals surface area contributed by atoms with E-state index in [9.17, 15) is 0 Å². The number of piperidine rings is 1. The maximum absolute atomic E-state index is 4.91. The van der Waals surface area contributed by atoms with Crippen LogP contribution in [0.3, 0.4) is 0 Å². The summed E-state index contributed by atoms with van der Waals surface area (Å²) in [7, 11) is 0. The molecule has 1 aromatic carbocycles. The van der Waals surface area contributed by atoms with Gasteiger partial charge < -0.3 is 15.5 Å². The molecule has 1 saturated heterocycles. The summed E-state index contributed by atoms with van der Waals surface area (Å²) in [6.45, 7) is 11.4. The summed E-state index contributed by atoms with van der Waals surface area (Å²) in [5, 5.41) is 7.59. The molecule has 2 aliphatic heterocycles. The van der Waals surface area contributed by atoms with E-state index in [0.29, 0.717) is 17.4 Å². The maximum Gasteiger partial charge on any atom is 0.140 e. The Labute approximate surface area is 205 Å². The lowest BCUT2D eigenvalue weighted by molar-refractivity contribution is 0.205. The number of hydrogen-bond donors (Lipinski definition) is 2. The van der Waals surface area contributed by atoms with Crippen LogP contribution in [0.25, 0.3) is 0 Å². The van der Waals surface area contributed by atoms with Crippen LogP contribution >= 0.6 is 0 Å². The Bertz CT molecular complexity index is 1040. The minimum atomic E-state index is 0.215. The van der Waals surface area contributed by atoms with Gasteiger partial charge in [0.15, 0.2) is 0 Å². The monoisotopic (exact) mass is 459 g/mol. The van der Waals surface area contributed by atoms with Gasteiger partial charge >= 0.3 is 0 Å². The third-order valence-electron chi connectivity index (χ3n) is 9.40. The minimum Gasteiger partial charge on any atom is -0.325 e. The fourth-order valence-electron chi connectivity index (χ4n) is 7.24. The lowest BCUT2D eigenvalue weighted by Crippen LogP contribution is -2.43. The highest BCUT2D eigenvalue weighted by Crippen LogP contribution is 2.52. The Balaban J connectivity index is 1.35. The summed E-state index contributed by atoms with van der Waals surface area (Å²) in [4.78, 5) is 12.1. The van der Waals surface area contributed by atoms with E-state index in [1.54, 1.807) is 11.9 Å². The summed E-state index contributed by atoms with van der Waals surface area (Å²) < 4.78 is 0. The van der Waals surface area contributed by atoms with Gasteiger partial charge in [-0.1, -0.05) is 32.9 Å². The second-order valence-electron chi connectivity index (χ2n) is 12.2. The van der Waals surface area contributed by atoms with Crippen LogP contribution in [0.5, 0.6) is 0 Å². The Kier molecular flexibility index (Phi) is 5.69. The van der Waals surface area contributed by atoms with E-state index >= 15 is 0 Å². The van der Waals surface area contributed by atoms with Crippen molar-refractivity contribution in [2.75, 3.05) is 24.5 Å². The van der Waals surface area contributed by atoms with Crippen LogP contribution in [0.1, 0.15) is 94.0 Å². The summed E-state index contributed by atoms with van der Waals surface area (Å²) in [6, 6.07) is 7.67. The largest absolute Gasteiger partial charge is 0.325 e. The van der Waals surface area contributed by atoms with E-state index in [0.717, 1.165) is 32.6 Å². The molecule has 2 fully saturated rings. The molecule has 4 aliphatic rings. The second kappa shape index (κ2) is 8.60. The number of anilines is 2. The van der Waals surface area contributed by atoms with E-state index in [-0.39, 0.29) is 5.41 Å². The highest BCUT2D eigenvalue weighted by molar-refractivity contribution is 5.75. The van der Waals surface area contributed by atoms with Gasteiger partial charge in [-0.05, 0) is 93.0 Å². The summed E-state index contributed by atoms with van der Waals surface area (Å²) >= 11 is 0. The molecular formula is C29H41N5. The highest BCUT2D eigenvalue weighted by Gasteiger charge is 2.46. The molecule has 1 atom stereocenters. The Hall–Kier alpha value is -1.98. The van der Waals surface area contributed by atoms with E-state index in [1.165, 1.54) is 73.3 Å². The smallest absolute Gasteiger partial charge is 0.140 e. The van der Waals surface area contributed by atoms with Gasteiger partial charge in [-0.15, -0.1) is 0 Å². The molecule has 5 nitrogen and oxygen atoms in total. The van der Waals surface area contributed by atoms with Crippen LogP contribution in [-0.4, -0.2) is 35.6 Å². The van der Waals surface area contributed by atoms with Crippen molar-refractivity contribution in [1.82, 2.24) is 20.6 Å². The summed E-state index contributed by atoms with van der Waals surface area (Å²) in [5.41, 5.74) is 7.89. The van der Waals surface area contributed by atoms with Crippen LogP contribution in [-0.2, 0) is 18.4 Å². The zero-order valence-electron chi connectivity index (χ0n) is 21.3. The third kappa shape index (κ3) is 3.85. The number of aromatic nitrogens is 2. The standard InChI is InChI=1S/C29H41N5/c1-20-7-8-23-25(20)27(33-19-32-23)34-18-29(13-15-30-16-14-29)26-21(5-4-6-24(26)34)17-31-22-9-11-28(2,3)12-10-22/h4-6,19-20,22,30-31H,7-18H2,1-3H3. The number of fused-ring (bicyclic) bond motifs is 3. The van der Waals surface area contributed by atoms with Crippen molar-refractivity contribution in [2.24, 2.45) is 5.41 Å². The first-order valence-electron chi connectivity index (χ1n) is 13.6. The molecule has 0 bridgehead atoms. The minimum absolute atomic E-state index is 0.215. The van der Waals surface area contributed by atoms with Gasteiger partial charge in [0.2, 0.25) is 0 Å². The third-order valence-corrected chi connectivity index (χ3v) is 9.40. The molecule has 3 heterocycles. The van der Waals surface area contributed by atoms with Crippen molar-refractivity contribution in [3.8, 4) is 0 Å². The van der Waals surface area contributed by atoms with E-state index in [2.05, 4.69) is 59.5 Å². The first kappa shape index (κ1) is 22.5. The number of aryl methyl sites for hydroxylation is 1. The quantitative estimate of drug-likeness (QED) is 0.645. The molecule has 6 rings (SSSR count). The van der Waals surface area contributed by atoms with E-state index < -0.39 is 0 Å². The number of nitrogens with zero attached hydrogens (tertiary/aromatic N) is 3. The van der Waals surface area contributed by atoms with E-state index in [4.69, 9.17) is 4.98 Å². The van der Waals surface area contributed by atoms with Gasteiger partial charge in [-0.3, -0.25) is 0 Å². The van der Waals surface area contributed by atoms with Gasteiger partial charge in [0.05, 0.1) is 0 Å². The Morgan fingerprint density at radius 3 is 2.65 bits per heavy atom. The topological polar surface area (TPSA) is 53.1 Å². The van der Waals surface area contributed by atoms with Crippen LogP contribution in [0.15, 0.2) is 24.5 Å². The van der Waals surface area contributed by atoms with Crippen LogP contribution < -0.4 is 15.5 Å². The first-order valence-corrected chi connectivity index (χ1v) is 13.6. The van der Waals surface area contributed by atoms with Crippen molar-refractivity contribution in [3.63, 3.8) is 0 Å². The molecule has 0 amide bonds. The van der Waals surface area contributed by atoms with E-state index in [1.807, 2.05) is 0 Å². The maximum atomic E-state index is 4.91. The molecule has 1 saturated carbocycles. The fourth-order valence-corrected chi connectivity index (χ4v) is 7.24.